The van der Waals surface area contributed by atoms with Gasteiger partial charge in [0.2, 0.25) is 0 Å². The molecule has 7 heteroatoms. The number of carbonyl (C=O) groups excluding carboxylic acids is 2. The van der Waals surface area contributed by atoms with Gasteiger partial charge < -0.3 is 18.9 Å². The first-order chi connectivity index (χ1) is 16.1. The normalized spacial score (nSPS) is 15.9. The minimum absolute atomic E-state index is 0.154. The van der Waals surface area contributed by atoms with Crippen molar-refractivity contribution in [3.05, 3.63) is 70.2 Å². The molecule has 1 aromatic carbocycles. The van der Waals surface area contributed by atoms with Gasteiger partial charge in [-0.15, -0.1) is 0 Å². The van der Waals surface area contributed by atoms with E-state index < -0.39 is 12.6 Å². The second kappa shape index (κ2) is 10.1. The molecule has 0 radical (unpaired) electrons. The zero-order chi connectivity index (χ0) is 25.0. The molecule has 2 aromatic rings. The summed E-state index contributed by atoms with van der Waals surface area (Å²) in [6, 6.07) is 11.8. The van der Waals surface area contributed by atoms with Crippen LogP contribution in [-0.2, 0) is 31.0 Å². The van der Waals surface area contributed by atoms with Crippen molar-refractivity contribution in [2.75, 3.05) is 32.3 Å². The molecule has 0 amide bonds. The van der Waals surface area contributed by atoms with Gasteiger partial charge in [0, 0.05) is 55.0 Å². The van der Waals surface area contributed by atoms with Crippen molar-refractivity contribution >= 4 is 23.5 Å². The predicted molar refractivity (Wildman–Crippen MR) is 131 cm³/mol. The van der Waals surface area contributed by atoms with E-state index in [9.17, 15) is 14.9 Å². The molecule has 1 aliphatic heterocycles. The Labute approximate surface area is 200 Å². The van der Waals surface area contributed by atoms with Crippen molar-refractivity contribution in [3.63, 3.8) is 0 Å². The number of ketones is 1. The topological polar surface area (TPSA) is 84.6 Å². The van der Waals surface area contributed by atoms with Gasteiger partial charge >= 0.3 is 5.97 Å². The molecule has 0 saturated carbocycles. The van der Waals surface area contributed by atoms with Crippen LogP contribution in [0, 0.1) is 25.2 Å². The number of esters is 1. The van der Waals surface area contributed by atoms with Crippen LogP contribution in [-0.4, -0.2) is 43.7 Å². The Morgan fingerprint density at radius 1 is 1.21 bits per heavy atom. The van der Waals surface area contributed by atoms with Gasteiger partial charge in [0.25, 0.3) is 0 Å². The lowest BCUT2D eigenvalue weighted by atomic mass is 9.83. The summed E-state index contributed by atoms with van der Waals surface area (Å²) in [6.07, 6.45) is 3.02. The molecular formula is C27H31N3O4. The third-order valence-corrected chi connectivity index (χ3v) is 6.36. The predicted octanol–water partition coefficient (Wildman–Crippen LogP) is 4.08. The Balaban J connectivity index is 1.72. The maximum absolute atomic E-state index is 12.7. The lowest BCUT2D eigenvalue weighted by Crippen LogP contribution is -2.25. The second-order valence-corrected chi connectivity index (χ2v) is 8.91. The van der Waals surface area contributed by atoms with Crippen LogP contribution in [0.4, 0.5) is 5.69 Å². The highest BCUT2D eigenvalue weighted by molar-refractivity contribution is 6.00. The van der Waals surface area contributed by atoms with Crippen molar-refractivity contribution in [1.29, 1.82) is 5.26 Å². The van der Waals surface area contributed by atoms with Crippen molar-refractivity contribution in [2.45, 2.75) is 39.7 Å². The molecule has 34 heavy (non-hydrogen) atoms. The molecule has 1 aromatic heterocycles. The zero-order valence-corrected chi connectivity index (χ0v) is 20.6. The summed E-state index contributed by atoms with van der Waals surface area (Å²) in [5, 5.41) is 9.52. The molecule has 0 bridgehead atoms. The second-order valence-electron chi connectivity index (χ2n) is 8.91. The van der Waals surface area contributed by atoms with E-state index in [1.165, 1.54) is 12.2 Å². The average molecular weight is 462 g/mol. The molecule has 0 fully saturated rings. The van der Waals surface area contributed by atoms with Gasteiger partial charge in [0.05, 0.1) is 6.61 Å². The standard InChI is InChI=1S/C27H31N3O4/c1-18-13-20(19(2)30(18)11-12-33-6)14-21(16-28)26(32)34-17-22(31)15-25-27(3,4)23-9-7-8-10-24(23)29(25)5/h7-10,13-15H,11-12,17H2,1-6H3. The summed E-state index contributed by atoms with van der Waals surface area (Å²) < 4.78 is 12.4. The number of aromatic nitrogens is 1. The molecule has 1 aliphatic rings. The van der Waals surface area contributed by atoms with E-state index in [4.69, 9.17) is 9.47 Å². The van der Waals surface area contributed by atoms with Gasteiger partial charge in [-0.05, 0) is 43.2 Å². The number of aryl methyl sites for hydroxylation is 1. The molecule has 3 rings (SSSR count). The molecule has 0 saturated heterocycles. The summed E-state index contributed by atoms with van der Waals surface area (Å²) in [4.78, 5) is 27.2. The first kappa shape index (κ1) is 25.0. The number of rotatable bonds is 8. The van der Waals surface area contributed by atoms with Crippen LogP contribution >= 0.6 is 0 Å². The molecular weight excluding hydrogens is 430 g/mol. The number of methoxy groups -OCH3 is 1. The highest BCUT2D eigenvalue weighted by atomic mass is 16.5. The summed E-state index contributed by atoms with van der Waals surface area (Å²) in [5.41, 5.74) is 5.16. The van der Waals surface area contributed by atoms with E-state index in [0.29, 0.717) is 13.2 Å². The first-order valence-electron chi connectivity index (χ1n) is 11.1. The molecule has 0 N–H and O–H groups in total. The zero-order valence-electron chi connectivity index (χ0n) is 20.6. The monoisotopic (exact) mass is 461 g/mol. The Bertz CT molecular complexity index is 1210. The van der Waals surface area contributed by atoms with Crippen LogP contribution in [0.2, 0.25) is 0 Å². The Hall–Kier alpha value is -3.63. The van der Waals surface area contributed by atoms with E-state index in [0.717, 1.165) is 33.9 Å². The summed E-state index contributed by atoms with van der Waals surface area (Å²) in [6.45, 7) is 8.78. The Morgan fingerprint density at radius 2 is 1.91 bits per heavy atom. The maximum Gasteiger partial charge on any atom is 0.349 e. The van der Waals surface area contributed by atoms with Crippen molar-refractivity contribution in [3.8, 4) is 6.07 Å². The maximum atomic E-state index is 12.7. The lowest BCUT2D eigenvalue weighted by Gasteiger charge is -2.23. The van der Waals surface area contributed by atoms with Crippen LogP contribution in [0.5, 0.6) is 0 Å². The van der Waals surface area contributed by atoms with Gasteiger partial charge in [0.1, 0.15) is 11.6 Å². The molecule has 0 unspecified atom stereocenters. The third-order valence-electron chi connectivity index (χ3n) is 6.36. The quantitative estimate of drug-likeness (QED) is 0.335. The fraction of sp³-hybridized carbons (Fsp3) is 0.370. The minimum atomic E-state index is -0.821. The number of allylic oxidation sites excluding steroid dienone is 1. The lowest BCUT2D eigenvalue weighted by molar-refractivity contribution is -0.142. The largest absolute Gasteiger partial charge is 0.453 e. The molecule has 2 heterocycles. The third kappa shape index (κ3) is 4.82. The summed E-state index contributed by atoms with van der Waals surface area (Å²) in [5.74, 6) is -1.16. The van der Waals surface area contributed by atoms with E-state index in [2.05, 4.69) is 18.4 Å². The van der Waals surface area contributed by atoms with E-state index >= 15 is 0 Å². The smallest absolute Gasteiger partial charge is 0.349 e. The molecule has 7 nitrogen and oxygen atoms in total. The van der Waals surface area contributed by atoms with E-state index in [-0.39, 0.29) is 16.8 Å². The number of likely N-dealkylation sites (N-methyl/N-ethyl adjacent to an activating group) is 1. The van der Waals surface area contributed by atoms with E-state index in [1.54, 1.807) is 7.11 Å². The van der Waals surface area contributed by atoms with Crippen molar-refractivity contribution in [2.24, 2.45) is 0 Å². The van der Waals surface area contributed by atoms with E-state index in [1.807, 2.05) is 62.2 Å². The van der Waals surface area contributed by atoms with Crippen molar-refractivity contribution in [1.82, 2.24) is 4.57 Å². The van der Waals surface area contributed by atoms with Crippen LogP contribution in [0.1, 0.15) is 36.4 Å². The number of carbonyl (C=O) groups is 2. The number of anilines is 1. The molecule has 0 atom stereocenters. The number of benzene rings is 1. The molecule has 0 spiro atoms. The summed E-state index contributed by atoms with van der Waals surface area (Å²) in [7, 11) is 3.55. The summed E-state index contributed by atoms with van der Waals surface area (Å²) >= 11 is 0. The van der Waals surface area contributed by atoms with Gasteiger partial charge in [-0.2, -0.15) is 5.26 Å². The number of fused-ring (bicyclic) bond motifs is 1. The SMILES string of the molecule is COCCn1c(C)cc(C=C(C#N)C(=O)OCC(=O)C=C2N(C)c3ccccc3C2(C)C)c1C. The number of hydrogen-bond acceptors (Lipinski definition) is 6. The molecule has 178 valence electrons. The number of nitrogens with zero attached hydrogens (tertiary/aromatic N) is 3. The highest BCUT2D eigenvalue weighted by Crippen LogP contribution is 2.46. The number of nitriles is 1. The first-order valence-corrected chi connectivity index (χ1v) is 11.1. The minimum Gasteiger partial charge on any atom is -0.453 e. The van der Waals surface area contributed by atoms with Gasteiger partial charge in [0.15, 0.2) is 12.4 Å². The van der Waals surface area contributed by atoms with Gasteiger partial charge in [-0.25, -0.2) is 4.79 Å². The number of ether oxygens (including phenoxy) is 2. The van der Waals surface area contributed by atoms with Crippen LogP contribution < -0.4 is 4.90 Å². The Kier molecular flexibility index (Phi) is 7.43. The average Bonchev–Trinajstić information content (AvgIpc) is 3.18. The molecule has 0 aliphatic carbocycles. The van der Waals surface area contributed by atoms with Gasteiger partial charge in [-0.3, -0.25) is 4.79 Å². The van der Waals surface area contributed by atoms with Crippen molar-refractivity contribution < 1.29 is 19.1 Å². The Morgan fingerprint density at radius 3 is 2.56 bits per heavy atom. The number of para-hydroxylation sites is 1. The number of hydrogen-bond donors (Lipinski definition) is 0. The fourth-order valence-corrected chi connectivity index (χ4v) is 4.46. The van der Waals surface area contributed by atoms with Crippen LogP contribution in [0.25, 0.3) is 6.08 Å². The van der Waals surface area contributed by atoms with Crippen LogP contribution in [0.3, 0.4) is 0 Å². The van der Waals surface area contributed by atoms with Crippen LogP contribution in [0.15, 0.2) is 47.7 Å². The fourth-order valence-electron chi connectivity index (χ4n) is 4.46. The highest BCUT2D eigenvalue weighted by Gasteiger charge is 2.38. The van der Waals surface area contributed by atoms with Gasteiger partial charge in [-0.1, -0.05) is 32.0 Å².